The van der Waals surface area contributed by atoms with E-state index in [-0.39, 0.29) is 11.8 Å². The maximum Gasteiger partial charge on any atom is 0.234 e. The molecule has 1 atom stereocenters. The van der Waals surface area contributed by atoms with Crippen LogP contribution in [0.5, 0.6) is 0 Å². The van der Waals surface area contributed by atoms with Crippen molar-refractivity contribution in [2.24, 2.45) is 0 Å². The molecule has 0 saturated heterocycles. The molecule has 0 aliphatic heterocycles. The first-order valence-corrected chi connectivity index (χ1v) is 11.0. The Hall–Kier alpha value is -2.57. The normalized spacial score (nSPS) is 11.4. The average Bonchev–Trinajstić information content (AvgIpc) is 2.77. The lowest BCUT2D eigenvalue weighted by Crippen LogP contribution is -2.35. The fourth-order valence-corrected chi connectivity index (χ4v) is 3.62. The maximum atomic E-state index is 13.5. The van der Waals surface area contributed by atoms with Crippen LogP contribution in [-0.2, 0) is 4.79 Å². The van der Waals surface area contributed by atoms with Gasteiger partial charge in [-0.1, -0.05) is 86.8 Å². The van der Waals surface area contributed by atoms with Crippen LogP contribution >= 0.6 is 0 Å². The molecule has 2 aromatic carbocycles. The van der Waals surface area contributed by atoms with E-state index in [0.717, 1.165) is 42.6 Å². The van der Waals surface area contributed by atoms with Gasteiger partial charge in [0.1, 0.15) is 0 Å². The first kappa shape index (κ1) is 22.7. The van der Waals surface area contributed by atoms with E-state index in [1.165, 1.54) is 19.3 Å². The molecule has 0 bridgehead atoms. The van der Waals surface area contributed by atoms with Crippen molar-refractivity contribution in [3.05, 3.63) is 83.1 Å². The van der Waals surface area contributed by atoms with Crippen molar-refractivity contribution in [1.82, 2.24) is 4.90 Å². The van der Waals surface area contributed by atoms with Gasteiger partial charge in [-0.05, 0) is 49.5 Å². The predicted octanol–water partition coefficient (Wildman–Crippen LogP) is 6.85. The minimum Gasteiger partial charge on any atom is -0.342 e. The predicted molar refractivity (Wildman–Crippen MR) is 124 cm³/mol. The number of hydrogen-bond donors (Lipinski definition) is 0. The third-order valence-electron chi connectivity index (χ3n) is 5.33. The quantitative estimate of drug-likeness (QED) is 0.304. The first-order valence-electron chi connectivity index (χ1n) is 11.0. The number of unbranched alkanes of at least 4 members (excludes halogenated alkanes) is 3. The van der Waals surface area contributed by atoms with Crippen LogP contribution in [-0.4, -0.2) is 23.9 Å². The molecule has 2 rings (SSSR count). The van der Waals surface area contributed by atoms with E-state index in [0.29, 0.717) is 0 Å². The number of carbonyl (C=O) groups excluding carboxylic acids is 1. The third kappa shape index (κ3) is 7.07. The molecule has 154 valence electrons. The number of amides is 1. The van der Waals surface area contributed by atoms with E-state index in [4.69, 9.17) is 0 Å². The number of benzene rings is 2. The zero-order valence-electron chi connectivity index (χ0n) is 18.2. The molecular formula is C27H35NO. The van der Waals surface area contributed by atoms with Gasteiger partial charge in [-0.15, -0.1) is 5.73 Å². The van der Waals surface area contributed by atoms with Gasteiger partial charge in [0.2, 0.25) is 5.91 Å². The monoisotopic (exact) mass is 389 g/mol. The summed E-state index contributed by atoms with van der Waals surface area (Å²) in [7, 11) is 0. The fraction of sp³-hybridized carbons (Fsp3) is 0.407. The number of carbonyl (C=O) groups is 1. The smallest absolute Gasteiger partial charge is 0.234 e. The van der Waals surface area contributed by atoms with E-state index < -0.39 is 0 Å². The molecule has 0 spiro atoms. The highest BCUT2D eigenvalue weighted by molar-refractivity contribution is 5.87. The topological polar surface area (TPSA) is 20.3 Å². The summed E-state index contributed by atoms with van der Waals surface area (Å²) in [4.78, 5) is 15.4. The zero-order chi connectivity index (χ0) is 20.9. The van der Waals surface area contributed by atoms with Crippen molar-refractivity contribution in [1.29, 1.82) is 0 Å². The van der Waals surface area contributed by atoms with Crippen LogP contribution in [0.1, 0.15) is 69.9 Å². The van der Waals surface area contributed by atoms with Gasteiger partial charge in [0.25, 0.3) is 0 Å². The Labute approximate surface area is 177 Å². The highest BCUT2D eigenvalue weighted by Gasteiger charge is 2.27. The van der Waals surface area contributed by atoms with Crippen LogP contribution < -0.4 is 0 Å². The van der Waals surface area contributed by atoms with E-state index in [9.17, 15) is 4.79 Å². The van der Waals surface area contributed by atoms with Gasteiger partial charge in [-0.25, -0.2) is 0 Å². The van der Waals surface area contributed by atoms with Crippen LogP contribution in [0.25, 0.3) is 6.08 Å². The first-order chi connectivity index (χ1) is 14.2. The van der Waals surface area contributed by atoms with Gasteiger partial charge in [0.15, 0.2) is 0 Å². The van der Waals surface area contributed by atoms with Crippen molar-refractivity contribution in [3.63, 3.8) is 0 Å². The number of rotatable bonds is 11. The van der Waals surface area contributed by atoms with Crippen LogP contribution in [0, 0.1) is 0 Å². The Bertz CT molecular complexity index is 784. The molecule has 1 unspecified atom stereocenters. The molecule has 0 N–H and O–H groups in total. The van der Waals surface area contributed by atoms with E-state index in [1.807, 2.05) is 61.2 Å². The molecule has 2 nitrogen and oxygen atoms in total. The van der Waals surface area contributed by atoms with Gasteiger partial charge in [0.05, 0.1) is 5.92 Å². The van der Waals surface area contributed by atoms with Crippen molar-refractivity contribution < 1.29 is 4.79 Å². The summed E-state index contributed by atoms with van der Waals surface area (Å²) in [5.41, 5.74) is 6.80. The van der Waals surface area contributed by atoms with Gasteiger partial charge >= 0.3 is 0 Å². The lowest BCUT2D eigenvalue weighted by atomic mass is 9.86. The lowest BCUT2D eigenvalue weighted by Gasteiger charge is -2.26. The van der Waals surface area contributed by atoms with Crippen molar-refractivity contribution in [3.8, 4) is 0 Å². The molecule has 0 aromatic heterocycles. The Morgan fingerprint density at radius 2 is 1.52 bits per heavy atom. The van der Waals surface area contributed by atoms with Crippen LogP contribution in [0.15, 0.2) is 72.0 Å². The summed E-state index contributed by atoms with van der Waals surface area (Å²) < 4.78 is 0. The zero-order valence-corrected chi connectivity index (χ0v) is 18.2. The Morgan fingerprint density at radius 3 is 2.10 bits per heavy atom. The molecular weight excluding hydrogens is 354 g/mol. The molecule has 0 fully saturated rings. The van der Waals surface area contributed by atoms with Crippen LogP contribution in [0.3, 0.4) is 0 Å². The van der Waals surface area contributed by atoms with Crippen LogP contribution in [0.4, 0.5) is 0 Å². The maximum absolute atomic E-state index is 13.5. The molecule has 0 radical (unpaired) electrons. The highest BCUT2D eigenvalue weighted by atomic mass is 16.2. The summed E-state index contributed by atoms with van der Waals surface area (Å²) in [6.45, 7) is 7.78. The summed E-state index contributed by atoms with van der Waals surface area (Å²) in [6.07, 6.45) is 7.65. The standard InChI is InChI=1S/C27H35NO/c1-4-7-8-13-20-25(22-21-23-16-11-9-12-17-23)26(24-18-14-10-15-19-24)27(29)28(5-2)6-3/h9-12,14-19,21,26H,4-8,13,20H2,1-3H3. The summed E-state index contributed by atoms with van der Waals surface area (Å²) >= 11 is 0. The summed E-state index contributed by atoms with van der Waals surface area (Å²) in [5, 5.41) is 0. The molecule has 29 heavy (non-hydrogen) atoms. The van der Waals surface area contributed by atoms with Crippen molar-refractivity contribution >= 4 is 12.0 Å². The molecule has 2 heteroatoms. The van der Waals surface area contributed by atoms with Gasteiger partial charge < -0.3 is 4.90 Å². The summed E-state index contributed by atoms with van der Waals surface area (Å²) in [5.74, 6) is -0.0849. The second-order valence-electron chi connectivity index (χ2n) is 7.39. The minimum atomic E-state index is -0.266. The van der Waals surface area contributed by atoms with Crippen molar-refractivity contribution in [2.45, 2.75) is 58.8 Å². The lowest BCUT2D eigenvalue weighted by molar-refractivity contribution is -0.131. The largest absolute Gasteiger partial charge is 0.342 e. The van der Waals surface area contributed by atoms with E-state index in [1.54, 1.807) is 0 Å². The Balaban J connectivity index is 2.47. The molecule has 0 saturated carbocycles. The number of likely N-dealkylation sites (N-methyl/N-ethyl adjacent to an activating group) is 1. The number of nitrogens with zero attached hydrogens (tertiary/aromatic N) is 1. The highest BCUT2D eigenvalue weighted by Crippen LogP contribution is 2.30. The minimum absolute atomic E-state index is 0.181. The van der Waals surface area contributed by atoms with Gasteiger partial charge in [-0.3, -0.25) is 4.79 Å². The van der Waals surface area contributed by atoms with Crippen molar-refractivity contribution in [2.75, 3.05) is 13.1 Å². The SMILES string of the molecule is CCCCCCC(=C=Cc1ccccc1)C(C(=O)N(CC)CC)c1ccccc1. The molecule has 1 amide bonds. The second-order valence-corrected chi connectivity index (χ2v) is 7.39. The molecule has 0 heterocycles. The third-order valence-corrected chi connectivity index (χ3v) is 5.33. The van der Waals surface area contributed by atoms with E-state index in [2.05, 4.69) is 36.9 Å². The average molecular weight is 390 g/mol. The summed E-state index contributed by atoms with van der Waals surface area (Å²) in [6, 6.07) is 20.4. The van der Waals surface area contributed by atoms with Gasteiger partial charge in [-0.2, -0.15) is 0 Å². The molecule has 0 aliphatic rings. The molecule has 2 aromatic rings. The Kier molecular flexibility index (Phi) is 10.0. The fourth-order valence-electron chi connectivity index (χ4n) is 3.62. The van der Waals surface area contributed by atoms with Gasteiger partial charge in [0, 0.05) is 13.1 Å². The Morgan fingerprint density at radius 1 is 0.897 bits per heavy atom. The van der Waals surface area contributed by atoms with Crippen LogP contribution in [0.2, 0.25) is 0 Å². The number of hydrogen-bond acceptors (Lipinski definition) is 1. The van der Waals surface area contributed by atoms with E-state index >= 15 is 0 Å². The second kappa shape index (κ2) is 12.8. The molecule has 0 aliphatic carbocycles.